The molecule has 0 unspecified atom stereocenters. The Morgan fingerprint density at radius 2 is 1.85 bits per heavy atom. The second-order valence-corrected chi connectivity index (χ2v) is 11.9. The summed E-state index contributed by atoms with van der Waals surface area (Å²) >= 11 is 0. The Morgan fingerprint density at radius 1 is 1.09 bits per heavy atom. The molecule has 1 aromatic rings. The van der Waals surface area contributed by atoms with E-state index in [9.17, 15) is 14.7 Å². The summed E-state index contributed by atoms with van der Waals surface area (Å²) in [4.78, 5) is 31.4. The van der Waals surface area contributed by atoms with Gasteiger partial charge in [-0.1, -0.05) is 6.07 Å². The number of rotatable bonds is 5. The van der Waals surface area contributed by atoms with Crippen molar-refractivity contribution in [3.05, 3.63) is 29.3 Å². The van der Waals surface area contributed by atoms with E-state index in [2.05, 4.69) is 17.4 Å². The summed E-state index contributed by atoms with van der Waals surface area (Å²) in [6.07, 6.45) is 7.59. The van der Waals surface area contributed by atoms with Gasteiger partial charge in [-0.3, -0.25) is 9.69 Å². The van der Waals surface area contributed by atoms with Crippen molar-refractivity contribution in [2.75, 3.05) is 26.7 Å². The third kappa shape index (κ3) is 2.71. The number of nitrogens with zero attached hydrogens (tertiary/aromatic N) is 2. The molecule has 7 nitrogen and oxygen atoms in total. The fourth-order valence-electron chi connectivity index (χ4n) is 7.77. The van der Waals surface area contributed by atoms with Gasteiger partial charge >= 0.3 is 6.03 Å². The summed E-state index contributed by atoms with van der Waals surface area (Å²) in [5.74, 6) is 1.75. The molecule has 3 saturated carbocycles. The van der Waals surface area contributed by atoms with E-state index < -0.39 is 16.6 Å². The van der Waals surface area contributed by atoms with Gasteiger partial charge in [-0.05, 0) is 99.4 Å². The number of amides is 3. The minimum absolute atomic E-state index is 0.00780. The molecule has 2 heterocycles. The van der Waals surface area contributed by atoms with Crippen molar-refractivity contribution in [1.29, 1.82) is 0 Å². The van der Waals surface area contributed by atoms with E-state index >= 15 is 0 Å². The van der Waals surface area contributed by atoms with Gasteiger partial charge in [-0.2, -0.15) is 0 Å². The second-order valence-electron chi connectivity index (χ2n) is 11.9. The lowest BCUT2D eigenvalue weighted by Crippen LogP contribution is -2.76. The summed E-state index contributed by atoms with van der Waals surface area (Å²) in [6, 6.07) is 6.09. The van der Waals surface area contributed by atoms with Crippen LogP contribution in [0.2, 0.25) is 0 Å². The molecule has 7 rings (SSSR count). The van der Waals surface area contributed by atoms with Crippen molar-refractivity contribution in [3.63, 3.8) is 0 Å². The first-order valence-corrected chi connectivity index (χ1v) is 13.2. The molecule has 1 spiro atoms. The Bertz CT molecular complexity index is 1070. The molecule has 182 valence electrons. The maximum absolute atomic E-state index is 14.2. The van der Waals surface area contributed by atoms with E-state index in [1.807, 2.05) is 11.0 Å². The fourth-order valence-corrected chi connectivity index (χ4v) is 7.77. The first-order valence-electron chi connectivity index (χ1n) is 13.2. The highest BCUT2D eigenvalue weighted by atomic mass is 16.5. The Labute approximate surface area is 200 Å². The van der Waals surface area contributed by atoms with Gasteiger partial charge in [0.1, 0.15) is 11.3 Å². The first kappa shape index (κ1) is 21.2. The van der Waals surface area contributed by atoms with E-state index in [0.717, 1.165) is 56.4 Å². The summed E-state index contributed by atoms with van der Waals surface area (Å²) in [7, 11) is 1.67. The number of hydrogen-bond donors (Lipinski definition) is 2. The largest absolute Gasteiger partial charge is 0.497 e. The monoisotopic (exact) mass is 465 g/mol. The zero-order chi connectivity index (χ0) is 23.3. The Hall–Kier alpha value is -2.12. The molecule has 34 heavy (non-hydrogen) atoms. The van der Waals surface area contributed by atoms with Crippen LogP contribution in [0.15, 0.2) is 18.2 Å². The van der Waals surface area contributed by atoms with Crippen LogP contribution in [0.25, 0.3) is 0 Å². The minimum atomic E-state index is -0.936. The number of urea groups is 1. The highest BCUT2D eigenvalue weighted by Gasteiger charge is 2.71. The minimum Gasteiger partial charge on any atom is -0.497 e. The summed E-state index contributed by atoms with van der Waals surface area (Å²) in [6.45, 7) is 2.04. The number of piperidine rings is 1. The van der Waals surface area contributed by atoms with Crippen molar-refractivity contribution in [1.82, 2.24) is 15.1 Å². The van der Waals surface area contributed by atoms with E-state index in [4.69, 9.17) is 4.74 Å². The van der Waals surface area contributed by atoms with Crippen LogP contribution in [0, 0.1) is 11.8 Å². The van der Waals surface area contributed by atoms with Crippen LogP contribution in [-0.4, -0.2) is 70.8 Å². The number of ether oxygens (including phenoxy) is 1. The number of nitrogens with one attached hydrogen (secondary N) is 1. The SMILES string of the molecule is COc1ccc2c(c1)[C@]13CCN[C@H](C2)[C@]1(O)CC[C@]1(C3)C(=O)N(CC2CC2)C(=O)N1CC1CC1. The van der Waals surface area contributed by atoms with Crippen LogP contribution < -0.4 is 10.1 Å². The van der Waals surface area contributed by atoms with Crippen molar-refractivity contribution < 1.29 is 19.4 Å². The molecule has 2 N–H and O–H groups in total. The Kier molecular flexibility index (Phi) is 4.34. The molecule has 0 radical (unpaired) electrons. The number of imide groups is 1. The van der Waals surface area contributed by atoms with Gasteiger partial charge in [0.25, 0.3) is 5.91 Å². The van der Waals surface area contributed by atoms with Crippen LogP contribution in [0.5, 0.6) is 5.75 Å². The molecular weight excluding hydrogens is 430 g/mol. The predicted molar refractivity (Wildman–Crippen MR) is 126 cm³/mol. The van der Waals surface area contributed by atoms with E-state index in [0.29, 0.717) is 44.2 Å². The van der Waals surface area contributed by atoms with Gasteiger partial charge in [0.05, 0.1) is 12.7 Å². The van der Waals surface area contributed by atoms with Gasteiger partial charge in [0, 0.05) is 24.5 Å². The standard InChI is InChI=1S/C27H35N3O4/c1-34-20-7-6-19-12-22-27(33)9-8-26(16-25(27,10-11-28-22)21(19)13-20)23(31)29(14-17-2-3-17)24(32)30(26)15-18-4-5-18/h6-7,13,17-18,22,28,33H,2-5,8-12,14-16H2,1H3/t22-,25-,26+,27-/m1/s1. The lowest BCUT2D eigenvalue weighted by atomic mass is 9.47. The molecule has 2 saturated heterocycles. The highest BCUT2D eigenvalue weighted by Crippen LogP contribution is 2.61. The van der Waals surface area contributed by atoms with Gasteiger partial charge in [0.15, 0.2) is 0 Å². The topological polar surface area (TPSA) is 82.1 Å². The maximum atomic E-state index is 14.2. The lowest BCUT2D eigenvalue weighted by Gasteiger charge is -2.64. The molecule has 2 bridgehead atoms. The summed E-state index contributed by atoms with van der Waals surface area (Å²) in [5.41, 5.74) is -0.00996. The van der Waals surface area contributed by atoms with Crippen LogP contribution in [0.4, 0.5) is 4.79 Å². The Morgan fingerprint density at radius 3 is 2.59 bits per heavy atom. The molecule has 0 aromatic heterocycles. The zero-order valence-corrected chi connectivity index (χ0v) is 20.0. The fraction of sp³-hybridized carbons (Fsp3) is 0.704. The van der Waals surface area contributed by atoms with Crippen molar-refractivity contribution in [2.24, 2.45) is 11.8 Å². The average molecular weight is 466 g/mol. The summed E-state index contributed by atoms with van der Waals surface area (Å²) in [5, 5.41) is 15.9. The maximum Gasteiger partial charge on any atom is 0.327 e. The molecule has 4 aliphatic carbocycles. The zero-order valence-electron chi connectivity index (χ0n) is 20.0. The quantitative estimate of drug-likeness (QED) is 0.654. The number of carbonyl (C=O) groups is 2. The van der Waals surface area contributed by atoms with Crippen LogP contribution in [-0.2, 0) is 16.6 Å². The van der Waals surface area contributed by atoms with Crippen molar-refractivity contribution in [2.45, 2.75) is 80.4 Å². The van der Waals surface area contributed by atoms with E-state index in [1.165, 1.54) is 5.56 Å². The molecule has 5 fully saturated rings. The third-order valence-corrected chi connectivity index (χ3v) is 10.0. The van der Waals surface area contributed by atoms with Gasteiger partial charge in [-0.15, -0.1) is 0 Å². The molecular formula is C27H35N3O4. The van der Waals surface area contributed by atoms with Gasteiger partial charge < -0.3 is 20.1 Å². The number of hydrogen-bond acceptors (Lipinski definition) is 5. The molecule has 7 heteroatoms. The molecule has 1 aromatic carbocycles. The van der Waals surface area contributed by atoms with Crippen molar-refractivity contribution in [3.8, 4) is 5.75 Å². The smallest absolute Gasteiger partial charge is 0.327 e. The average Bonchev–Trinajstić information content (AvgIpc) is 3.75. The number of fused-ring (bicyclic) bond motifs is 1. The van der Waals surface area contributed by atoms with E-state index in [1.54, 1.807) is 12.0 Å². The first-order chi connectivity index (χ1) is 16.4. The van der Waals surface area contributed by atoms with Crippen LogP contribution >= 0.6 is 0 Å². The molecule has 6 aliphatic rings. The Balaban J connectivity index is 1.36. The second kappa shape index (κ2) is 6.97. The van der Waals surface area contributed by atoms with Crippen LogP contribution in [0.3, 0.4) is 0 Å². The number of aliphatic hydroxyl groups is 1. The number of benzene rings is 1. The molecule has 4 atom stereocenters. The molecule has 3 amide bonds. The molecule has 2 aliphatic heterocycles. The number of methoxy groups -OCH3 is 1. The van der Waals surface area contributed by atoms with Gasteiger partial charge in [0.2, 0.25) is 0 Å². The number of carbonyl (C=O) groups excluding carboxylic acids is 2. The highest BCUT2D eigenvalue weighted by molar-refractivity contribution is 6.07. The van der Waals surface area contributed by atoms with Crippen LogP contribution in [0.1, 0.15) is 62.5 Å². The van der Waals surface area contributed by atoms with E-state index in [-0.39, 0.29) is 18.0 Å². The predicted octanol–water partition coefficient (Wildman–Crippen LogP) is 2.59. The third-order valence-electron chi connectivity index (χ3n) is 10.0. The summed E-state index contributed by atoms with van der Waals surface area (Å²) < 4.78 is 5.60. The van der Waals surface area contributed by atoms with Crippen molar-refractivity contribution >= 4 is 11.9 Å². The van der Waals surface area contributed by atoms with Gasteiger partial charge in [-0.25, -0.2) is 4.79 Å². The lowest BCUT2D eigenvalue weighted by molar-refractivity contribution is -0.163. The normalized spacial score (nSPS) is 38.8.